The van der Waals surface area contributed by atoms with Crippen LogP contribution in [0.4, 0.5) is 0 Å². The van der Waals surface area contributed by atoms with Crippen LogP contribution in [0.3, 0.4) is 0 Å². The van der Waals surface area contributed by atoms with Gasteiger partial charge in [0.05, 0.1) is 19.6 Å². The molecule has 0 unspecified atom stereocenters. The Bertz CT molecular complexity index is 884. The van der Waals surface area contributed by atoms with Crippen molar-refractivity contribution in [2.45, 2.75) is 61.9 Å². The number of methoxy groups -OCH3 is 1. The van der Waals surface area contributed by atoms with Crippen LogP contribution in [0.1, 0.15) is 55.3 Å². The summed E-state index contributed by atoms with van der Waals surface area (Å²) in [5.74, 6) is -0.0798. The van der Waals surface area contributed by atoms with Gasteiger partial charge >= 0.3 is 0 Å². The molecule has 0 aromatic heterocycles. The van der Waals surface area contributed by atoms with Crippen molar-refractivity contribution in [1.82, 2.24) is 9.62 Å². The van der Waals surface area contributed by atoms with Gasteiger partial charge in [0.15, 0.2) is 0 Å². The van der Waals surface area contributed by atoms with Crippen LogP contribution in [0.2, 0.25) is 0 Å². The van der Waals surface area contributed by atoms with Gasteiger partial charge in [-0.25, -0.2) is 13.1 Å². The highest BCUT2D eigenvalue weighted by Gasteiger charge is 2.30. The number of amides is 1. The van der Waals surface area contributed by atoms with E-state index in [1.54, 1.807) is 11.0 Å². The fraction of sp³-hybridized carbons (Fsp3) is 0.619. The Morgan fingerprint density at radius 1 is 1.27 bits per heavy atom. The summed E-state index contributed by atoms with van der Waals surface area (Å²) in [6.07, 6.45) is 5.23. The lowest BCUT2D eigenvalue weighted by Gasteiger charge is -2.34. The van der Waals surface area contributed by atoms with Gasteiger partial charge in [-0.3, -0.25) is 4.79 Å². The van der Waals surface area contributed by atoms with Gasteiger partial charge in [0.1, 0.15) is 10.6 Å². The highest BCUT2D eigenvalue weighted by atomic mass is 32.2. The van der Waals surface area contributed by atoms with E-state index in [0.29, 0.717) is 32.6 Å². The van der Waals surface area contributed by atoms with E-state index in [0.717, 1.165) is 25.7 Å². The molecule has 8 nitrogen and oxygen atoms in total. The standard InChI is InChI=1S/C21H29N3O5S/c1-28-19-8-7-16(15-20(19)30(26,27)23-17-5-2-3-6-17)21(25)24(12-4-11-22)18-9-13-29-14-10-18/h7-8,15,17-18,23H,2-6,9-10,12-14H2,1H3. The summed E-state index contributed by atoms with van der Waals surface area (Å²) in [6, 6.07) is 6.45. The third-order valence-electron chi connectivity index (χ3n) is 5.73. The number of nitrogens with zero attached hydrogens (tertiary/aromatic N) is 2. The lowest BCUT2D eigenvalue weighted by molar-refractivity contribution is 0.0296. The van der Waals surface area contributed by atoms with Crippen LogP contribution >= 0.6 is 0 Å². The molecule has 2 aliphatic rings. The Balaban J connectivity index is 1.89. The zero-order valence-electron chi connectivity index (χ0n) is 17.3. The van der Waals surface area contributed by atoms with Gasteiger partial charge in [0, 0.05) is 37.4 Å². The molecule has 0 radical (unpaired) electrons. The molecule has 2 fully saturated rings. The Kier molecular flexibility index (Phi) is 7.69. The number of ether oxygens (including phenoxy) is 2. The molecule has 0 atom stereocenters. The third kappa shape index (κ3) is 5.31. The van der Waals surface area contributed by atoms with Crippen molar-refractivity contribution in [2.24, 2.45) is 0 Å². The van der Waals surface area contributed by atoms with E-state index < -0.39 is 10.0 Å². The van der Waals surface area contributed by atoms with Crippen molar-refractivity contribution < 1.29 is 22.7 Å². The van der Waals surface area contributed by atoms with E-state index in [9.17, 15) is 13.2 Å². The molecule has 1 saturated carbocycles. The largest absolute Gasteiger partial charge is 0.495 e. The third-order valence-corrected chi connectivity index (χ3v) is 7.28. The number of nitrogens with one attached hydrogen (secondary N) is 1. The number of hydrogen-bond donors (Lipinski definition) is 1. The molecule has 1 saturated heterocycles. The van der Waals surface area contributed by atoms with Crippen molar-refractivity contribution in [3.05, 3.63) is 23.8 Å². The minimum atomic E-state index is -3.83. The minimum Gasteiger partial charge on any atom is -0.495 e. The van der Waals surface area contributed by atoms with Crippen LogP contribution in [0.25, 0.3) is 0 Å². The topological polar surface area (TPSA) is 109 Å². The minimum absolute atomic E-state index is 0.0293. The zero-order valence-corrected chi connectivity index (χ0v) is 18.1. The van der Waals surface area contributed by atoms with E-state index in [4.69, 9.17) is 14.7 Å². The zero-order chi connectivity index (χ0) is 21.6. The summed E-state index contributed by atoms with van der Waals surface area (Å²) >= 11 is 0. The van der Waals surface area contributed by atoms with E-state index in [1.807, 2.05) is 0 Å². The Hall–Kier alpha value is -2.15. The van der Waals surface area contributed by atoms with Crippen LogP contribution in [0, 0.1) is 11.3 Å². The average molecular weight is 436 g/mol. The van der Waals surface area contributed by atoms with Crippen molar-refractivity contribution in [3.8, 4) is 11.8 Å². The molecule has 1 N–H and O–H groups in total. The van der Waals surface area contributed by atoms with Crippen LogP contribution in [-0.4, -0.2) is 58.2 Å². The Morgan fingerprint density at radius 2 is 1.97 bits per heavy atom. The number of rotatable bonds is 8. The monoisotopic (exact) mass is 435 g/mol. The molecule has 3 rings (SSSR count). The number of hydrogen-bond acceptors (Lipinski definition) is 6. The molecule has 164 valence electrons. The van der Waals surface area contributed by atoms with Crippen LogP contribution in [0.15, 0.2) is 23.1 Å². The molecule has 9 heteroatoms. The number of nitriles is 1. The van der Waals surface area contributed by atoms with Gasteiger partial charge in [0.2, 0.25) is 10.0 Å². The van der Waals surface area contributed by atoms with Gasteiger partial charge in [-0.15, -0.1) is 0 Å². The highest BCUT2D eigenvalue weighted by Crippen LogP contribution is 2.28. The maximum Gasteiger partial charge on any atom is 0.254 e. The Labute approximate surface area is 178 Å². The van der Waals surface area contributed by atoms with E-state index in [1.165, 1.54) is 19.2 Å². The second kappa shape index (κ2) is 10.2. The molecular formula is C21H29N3O5S. The first-order valence-corrected chi connectivity index (χ1v) is 11.9. The Morgan fingerprint density at radius 3 is 2.60 bits per heavy atom. The molecule has 1 aliphatic carbocycles. The average Bonchev–Trinajstić information content (AvgIpc) is 3.26. The first-order valence-electron chi connectivity index (χ1n) is 10.4. The molecule has 1 aromatic rings. The van der Waals surface area contributed by atoms with E-state index in [-0.39, 0.29) is 40.6 Å². The van der Waals surface area contributed by atoms with Crippen molar-refractivity contribution in [2.75, 3.05) is 26.9 Å². The predicted octanol–water partition coefficient (Wildman–Crippen LogP) is 2.45. The second-order valence-electron chi connectivity index (χ2n) is 7.72. The molecular weight excluding hydrogens is 406 g/mol. The predicted molar refractivity (Wildman–Crippen MR) is 111 cm³/mol. The summed E-state index contributed by atoms with van der Waals surface area (Å²) in [7, 11) is -2.42. The number of benzene rings is 1. The molecule has 1 amide bonds. The van der Waals surface area contributed by atoms with Gasteiger partial charge < -0.3 is 14.4 Å². The van der Waals surface area contributed by atoms with Crippen molar-refractivity contribution >= 4 is 15.9 Å². The second-order valence-corrected chi connectivity index (χ2v) is 9.40. The van der Waals surface area contributed by atoms with Crippen LogP contribution in [-0.2, 0) is 14.8 Å². The first kappa shape index (κ1) is 22.5. The normalized spacial score (nSPS) is 18.1. The number of carbonyl (C=O) groups is 1. The van der Waals surface area contributed by atoms with Crippen molar-refractivity contribution in [3.63, 3.8) is 0 Å². The molecule has 0 bridgehead atoms. The maximum absolute atomic E-state index is 13.3. The summed E-state index contributed by atoms with van der Waals surface area (Å²) < 4.78 is 39.4. The lowest BCUT2D eigenvalue weighted by atomic mass is 10.0. The quantitative estimate of drug-likeness (QED) is 0.672. The fourth-order valence-electron chi connectivity index (χ4n) is 4.13. The SMILES string of the molecule is COc1ccc(C(=O)N(CCC#N)C2CCOCC2)cc1S(=O)(=O)NC1CCCC1. The summed E-state index contributed by atoms with van der Waals surface area (Å²) in [5, 5.41) is 9.00. The smallest absolute Gasteiger partial charge is 0.254 e. The lowest BCUT2D eigenvalue weighted by Crippen LogP contribution is -2.44. The molecule has 1 aromatic carbocycles. The fourth-order valence-corrected chi connectivity index (χ4v) is 5.63. The summed E-state index contributed by atoms with van der Waals surface area (Å²) in [6.45, 7) is 1.43. The summed E-state index contributed by atoms with van der Waals surface area (Å²) in [4.78, 5) is 14.9. The molecule has 30 heavy (non-hydrogen) atoms. The maximum atomic E-state index is 13.3. The molecule has 0 spiro atoms. The van der Waals surface area contributed by atoms with Crippen LogP contribution < -0.4 is 9.46 Å². The van der Waals surface area contributed by atoms with Crippen molar-refractivity contribution in [1.29, 1.82) is 5.26 Å². The number of sulfonamides is 1. The first-order chi connectivity index (χ1) is 14.5. The van der Waals surface area contributed by atoms with E-state index in [2.05, 4.69) is 10.8 Å². The number of carbonyl (C=O) groups excluding carboxylic acids is 1. The molecule has 1 aliphatic heterocycles. The van der Waals surface area contributed by atoms with Crippen LogP contribution in [0.5, 0.6) is 5.75 Å². The summed E-state index contributed by atoms with van der Waals surface area (Å²) in [5.41, 5.74) is 0.270. The van der Waals surface area contributed by atoms with Gasteiger partial charge in [-0.1, -0.05) is 12.8 Å². The highest BCUT2D eigenvalue weighted by molar-refractivity contribution is 7.89. The van der Waals surface area contributed by atoms with Gasteiger partial charge in [-0.05, 0) is 43.9 Å². The van der Waals surface area contributed by atoms with Gasteiger partial charge in [-0.2, -0.15) is 5.26 Å². The molecule has 1 heterocycles. The van der Waals surface area contributed by atoms with Gasteiger partial charge in [0.25, 0.3) is 5.91 Å². The van der Waals surface area contributed by atoms with E-state index >= 15 is 0 Å².